The Labute approximate surface area is 205 Å². The van der Waals surface area contributed by atoms with Crippen molar-refractivity contribution in [2.45, 2.75) is 32.9 Å². The minimum absolute atomic E-state index is 0.0662. The number of fused-ring (bicyclic) bond motifs is 1. The van der Waals surface area contributed by atoms with Gasteiger partial charge >= 0.3 is 6.03 Å². The number of carbonyl (C=O) groups is 2. The Morgan fingerprint density at radius 3 is 2.60 bits per heavy atom. The Bertz CT molecular complexity index is 1160. The van der Waals surface area contributed by atoms with Gasteiger partial charge in [0.2, 0.25) is 5.91 Å². The van der Waals surface area contributed by atoms with Crippen LogP contribution in [0, 0.1) is 5.82 Å². The first-order valence-electron chi connectivity index (χ1n) is 12.0. The molecule has 1 unspecified atom stereocenters. The van der Waals surface area contributed by atoms with Crippen LogP contribution in [0.1, 0.15) is 37.6 Å². The Kier molecular flexibility index (Phi) is 7.70. The van der Waals surface area contributed by atoms with Gasteiger partial charge in [-0.25, -0.2) is 9.18 Å². The number of rotatable bonds is 8. The fourth-order valence-corrected chi connectivity index (χ4v) is 4.46. The van der Waals surface area contributed by atoms with Gasteiger partial charge < -0.3 is 24.4 Å². The molecule has 2 aromatic carbocycles. The summed E-state index contributed by atoms with van der Waals surface area (Å²) in [7, 11) is 0. The molecule has 35 heavy (non-hydrogen) atoms. The van der Waals surface area contributed by atoms with Gasteiger partial charge in [0, 0.05) is 37.2 Å². The molecule has 0 fully saturated rings. The number of halogens is 1. The monoisotopic (exact) mass is 478 g/mol. The van der Waals surface area contributed by atoms with Crippen LogP contribution in [-0.4, -0.2) is 52.5 Å². The largest absolute Gasteiger partial charge is 0.494 e. The number of hydrogen-bond acceptors (Lipinski definition) is 3. The third kappa shape index (κ3) is 5.65. The lowest BCUT2D eigenvalue weighted by Crippen LogP contribution is -2.48. The number of benzene rings is 2. The zero-order chi connectivity index (χ0) is 24.8. The SMILES string of the molecule is CCCN(CC(=O)N1CCn2cccc2C1c1cccc(F)c1)C(=O)Nc1ccc(OCC)cc1. The molecule has 0 aliphatic carbocycles. The van der Waals surface area contributed by atoms with E-state index in [4.69, 9.17) is 4.74 Å². The predicted molar refractivity (Wildman–Crippen MR) is 133 cm³/mol. The van der Waals surface area contributed by atoms with Crippen molar-refractivity contribution < 1.29 is 18.7 Å². The highest BCUT2D eigenvalue weighted by Gasteiger charge is 2.33. The van der Waals surface area contributed by atoms with E-state index in [1.54, 1.807) is 35.2 Å². The third-order valence-corrected chi connectivity index (χ3v) is 6.05. The van der Waals surface area contributed by atoms with Crippen molar-refractivity contribution in [3.05, 3.63) is 83.9 Å². The maximum Gasteiger partial charge on any atom is 0.322 e. The quantitative estimate of drug-likeness (QED) is 0.501. The number of ether oxygens (including phenoxy) is 1. The van der Waals surface area contributed by atoms with Gasteiger partial charge in [0.15, 0.2) is 0 Å². The van der Waals surface area contributed by atoms with Crippen molar-refractivity contribution in [1.29, 1.82) is 0 Å². The first-order valence-corrected chi connectivity index (χ1v) is 12.0. The van der Waals surface area contributed by atoms with E-state index in [2.05, 4.69) is 9.88 Å². The van der Waals surface area contributed by atoms with Crippen molar-refractivity contribution >= 4 is 17.6 Å². The van der Waals surface area contributed by atoms with Crippen LogP contribution >= 0.6 is 0 Å². The van der Waals surface area contributed by atoms with Crippen molar-refractivity contribution in [1.82, 2.24) is 14.4 Å². The third-order valence-electron chi connectivity index (χ3n) is 6.05. The highest BCUT2D eigenvalue weighted by molar-refractivity contribution is 5.92. The Morgan fingerprint density at radius 2 is 1.89 bits per heavy atom. The molecule has 1 atom stereocenters. The van der Waals surface area contributed by atoms with Gasteiger partial charge in [-0.05, 0) is 67.4 Å². The molecule has 1 aliphatic rings. The predicted octanol–water partition coefficient (Wildman–Crippen LogP) is 4.90. The van der Waals surface area contributed by atoms with Crippen LogP contribution < -0.4 is 10.1 Å². The van der Waals surface area contributed by atoms with E-state index >= 15 is 0 Å². The number of nitrogens with one attached hydrogen (secondary N) is 1. The van der Waals surface area contributed by atoms with E-state index in [-0.39, 0.29) is 24.3 Å². The van der Waals surface area contributed by atoms with E-state index in [1.165, 1.54) is 17.0 Å². The van der Waals surface area contributed by atoms with E-state index in [1.807, 2.05) is 38.2 Å². The Hall–Kier alpha value is -3.81. The molecule has 4 rings (SSSR count). The van der Waals surface area contributed by atoms with Crippen LogP contribution in [0.4, 0.5) is 14.9 Å². The lowest BCUT2D eigenvalue weighted by Gasteiger charge is -2.38. The number of urea groups is 1. The number of amides is 3. The molecule has 0 saturated carbocycles. The van der Waals surface area contributed by atoms with Gasteiger partial charge in [0.25, 0.3) is 0 Å². The molecule has 1 aromatic heterocycles. The van der Waals surface area contributed by atoms with Crippen molar-refractivity contribution in [2.24, 2.45) is 0 Å². The first-order chi connectivity index (χ1) is 17.0. The summed E-state index contributed by atoms with van der Waals surface area (Å²) in [4.78, 5) is 29.9. The second-order valence-electron chi connectivity index (χ2n) is 8.48. The molecular weight excluding hydrogens is 447 g/mol. The zero-order valence-electron chi connectivity index (χ0n) is 20.1. The number of hydrogen-bond donors (Lipinski definition) is 1. The summed E-state index contributed by atoms with van der Waals surface area (Å²) < 4.78 is 21.6. The molecule has 0 bridgehead atoms. The molecule has 8 heteroatoms. The molecular formula is C27H31FN4O3. The molecule has 0 spiro atoms. The van der Waals surface area contributed by atoms with Crippen LogP contribution in [0.15, 0.2) is 66.9 Å². The van der Waals surface area contributed by atoms with E-state index in [0.29, 0.717) is 43.9 Å². The average Bonchev–Trinajstić information content (AvgIpc) is 3.33. The van der Waals surface area contributed by atoms with Crippen LogP contribution in [0.3, 0.4) is 0 Å². The normalized spacial score (nSPS) is 14.8. The molecule has 1 N–H and O–H groups in total. The lowest BCUT2D eigenvalue weighted by molar-refractivity contribution is -0.134. The average molecular weight is 479 g/mol. The minimum atomic E-state index is -0.417. The number of anilines is 1. The minimum Gasteiger partial charge on any atom is -0.494 e. The van der Waals surface area contributed by atoms with Crippen molar-refractivity contribution in [2.75, 3.05) is 31.6 Å². The number of carbonyl (C=O) groups excluding carboxylic acids is 2. The summed E-state index contributed by atoms with van der Waals surface area (Å²) in [6.07, 6.45) is 2.68. The first kappa shape index (κ1) is 24.3. The van der Waals surface area contributed by atoms with Gasteiger partial charge in [-0.1, -0.05) is 19.1 Å². The summed E-state index contributed by atoms with van der Waals surface area (Å²) >= 11 is 0. The molecule has 3 amide bonds. The zero-order valence-corrected chi connectivity index (χ0v) is 20.1. The van der Waals surface area contributed by atoms with Gasteiger partial charge in [-0.3, -0.25) is 4.79 Å². The topological polar surface area (TPSA) is 66.8 Å². The van der Waals surface area contributed by atoms with Gasteiger partial charge in [0.05, 0.1) is 12.6 Å². The van der Waals surface area contributed by atoms with E-state index < -0.39 is 6.04 Å². The maximum absolute atomic E-state index is 14.1. The number of nitrogens with zero attached hydrogens (tertiary/aromatic N) is 3. The van der Waals surface area contributed by atoms with E-state index in [9.17, 15) is 14.0 Å². The molecule has 0 radical (unpaired) electrons. The summed E-state index contributed by atoms with van der Waals surface area (Å²) in [6, 6.07) is 16.6. The van der Waals surface area contributed by atoms with Crippen LogP contribution in [0.5, 0.6) is 5.75 Å². The summed E-state index contributed by atoms with van der Waals surface area (Å²) in [6.45, 7) is 5.93. The molecule has 2 heterocycles. The van der Waals surface area contributed by atoms with E-state index in [0.717, 1.165) is 11.4 Å². The van der Waals surface area contributed by atoms with Crippen LogP contribution in [0.2, 0.25) is 0 Å². The summed E-state index contributed by atoms with van der Waals surface area (Å²) in [5.41, 5.74) is 2.26. The molecule has 0 saturated heterocycles. The Morgan fingerprint density at radius 1 is 1.09 bits per heavy atom. The lowest BCUT2D eigenvalue weighted by atomic mass is 9.99. The van der Waals surface area contributed by atoms with Crippen molar-refractivity contribution in [3.8, 4) is 5.75 Å². The van der Waals surface area contributed by atoms with Gasteiger partial charge in [-0.2, -0.15) is 0 Å². The summed E-state index contributed by atoms with van der Waals surface area (Å²) in [5, 5.41) is 2.87. The maximum atomic E-state index is 14.1. The number of aromatic nitrogens is 1. The fraction of sp³-hybridized carbons (Fsp3) is 0.333. The molecule has 1 aliphatic heterocycles. The van der Waals surface area contributed by atoms with Crippen LogP contribution in [-0.2, 0) is 11.3 Å². The highest BCUT2D eigenvalue weighted by atomic mass is 19.1. The fourth-order valence-electron chi connectivity index (χ4n) is 4.46. The van der Waals surface area contributed by atoms with Crippen molar-refractivity contribution in [3.63, 3.8) is 0 Å². The smallest absolute Gasteiger partial charge is 0.322 e. The van der Waals surface area contributed by atoms with Gasteiger partial charge in [-0.15, -0.1) is 0 Å². The molecule has 7 nitrogen and oxygen atoms in total. The molecule has 184 valence electrons. The highest BCUT2D eigenvalue weighted by Crippen LogP contribution is 2.33. The second kappa shape index (κ2) is 11.1. The second-order valence-corrected chi connectivity index (χ2v) is 8.48. The van der Waals surface area contributed by atoms with Gasteiger partial charge in [0.1, 0.15) is 18.1 Å². The molecule has 3 aromatic rings. The standard InChI is InChI=1S/C27H31FN4O3/c1-3-14-31(27(34)29-22-10-12-23(13-11-22)35-4-2)19-25(33)32-17-16-30-15-6-9-24(30)26(32)20-7-5-8-21(28)18-20/h5-13,15,18,26H,3-4,14,16-17,19H2,1-2H3,(H,29,34). The summed E-state index contributed by atoms with van der Waals surface area (Å²) in [5.74, 6) is 0.201. The Balaban J connectivity index is 1.51. The van der Waals surface area contributed by atoms with Crippen LogP contribution in [0.25, 0.3) is 0 Å².